The van der Waals surface area contributed by atoms with E-state index in [1.807, 2.05) is 13.8 Å². The Morgan fingerprint density at radius 1 is 1.36 bits per heavy atom. The molecule has 3 atom stereocenters. The standard InChI is InChI=1S/C21H32N2O5/c1-13(2)8-16(11-20(26)18-9-14(3)28-23-18)21(27)22-17(12-24)10-15-6-4-5-7-19(15)25/h9,13,15-17,24H,4-8,10-12H2,1-3H3,(H,22,27)/t15-,16+,17-/m0/s1. The first-order valence-corrected chi connectivity index (χ1v) is 10.2. The van der Waals surface area contributed by atoms with Crippen LogP contribution in [0.5, 0.6) is 0 Å². The number of hydrogen-bond acceptors (Lipinski definition) is 6. The Kier molecular flexibility index (Phi) is 8.35. The van der Waals surface area contributed by atoms with Crippen molar-refractivity contribution in [1.82, 2.24) is 10.5 Å². The number of hydrogen-bond donors (Lipinski definition) is 2. The molecule has 1 aromatic rings. The van der Waals surface area contributed by atoms with Gasteiger partial charge in [-0.2, -0.15) is 0 Å². The van der Waals surface area contributed by atoms with Gasteiger partial charge in [0, 0.05) is 30.7 Å². The van der Waals surface area contributed by atoms with Crippen molar-refractivity contribution in [2.24, 2.45) is 17.8 Å². The van der Waals surface area contributed by atoms with E-state index in [0.29, 0.717) is 25.0 Å². The zero-order chi connectivity index (χ0) is 20.7. The second kappa shape index (κ2) is 10.5. The van der Waals surface area contributed by atoms with Gasteiger partial charge in [-0.25, -0.2) is 0 Å². The van der Waals surface area contributed by atoms with Gasteiger partial charge in [-0.3, -0.25) is 14.4 Å². The Labute approximate surface area is 166 Å². The predicted octanol–water partition coefficient (Wildman–Crippen LogP) is 2.84. The molecule has 0 aliphatic heterocycles. The first-order valence-electron chi connectivity index (χ1n) is 10.2. The fourth-order valence-corrected chi connectivity index (χ4v) is 3.82. The lowest BCUT2D eigenvalue weighted by Gasteiger charge is -2.27. The van der Waals surface area contributed by atoms with Gasteiger partial charge in [-0.05, 0) is 38.5 Å². The fraction of sp³-hybridized carbons (Fsp3) is 0.714. The van der Waals surface area contributed by atoms with Crippen LogP contribution >= 0.6 is 0 Å². The highest BCUT2D eigenvalue weighted by molar-refractivity contribution is 5.97. The van der Waals surface area contributed by atoms with E-state index in [0.717, 1.165) is 19.3 Å². The topological polar surface area (TPSA) is 110 Å². The van der Waals surface area contributed by atoms with Crippen LogP contribution in [0, 0.1) is 24.7 Å². The van der Waals surface area contributed by atoms with Crippen LogP contribution < -0.4 is 5.32 Å². The molecule has 7 heteroatoms. The van der Waals surface area contributed by atoms with Crippen LogP contribution in [0.25, 0.3) is 0 Å². The van der Waals surface area contributed by atoms with Crippen molar-refractivity contribution in [3.63, 3.8) is 0 Å². The highest BCUT2D eigenvalue weighted by Gasteiger charge is 2.29. The summed E-state index contributed by atoms with van der Waals surface area (Å²) in [6, 6.07) is 1.09. The minimum absolute atomic E-state index is 0.0382. The van der Waals surface area contributed by atoms with E-state index < -0.39 is 12.0 Å². The first kappa shape index (κ1) is 22.3. The largest absolute Gasteiger partial charge is 0.394 e. The van der Waals surface area contributed by atoms with E-state index in [-0.39, 0.29) is 48.0 Å². The highest BCUT2D eigenvalue weighted by atomic mass is 16.5. The lowest BCUT2D eigenvalue weighted by molar-refractivity contribution is -0.128. The number of nitrogens with one attached hydrogen (secondary N) is 1. The molecule has 7 nitrogen and oxygen atoms in total. The number of aliphatic hydroxyl groups is 1. The molecule has 156 valence electrons. The molecule has 0 unspecified atom stereocenters. The Morgan fingerprint density at radius 2 is 2.11 bits per heavy atom. The van der Waals surface area contributed by atoms with Crippen molar-refractivity contribution in [3.05, 3.63) is 17.5 Å². The number of aryl methyl sites for hydroxylation is 1. The van der Waals surface area contributed by atoms with E-state index >= 15 is 0 Å². The molecular formula is C21H32N2O5. The van der Waals surface area contributed by atoms with E-state index in [1.54, 1.807) is 13.0 Å². The van der Waals surface area contributed by atoms with Gasteiger partial charge in [0.2, 0.25) is 5.91 Å². The average Bonchev–Trinajstić information content (AvgIpc) is 3.08. The zero-order valence-electron chi connectivity index (χ0n) is 17.1. The van der Waals surface area contributed by atoms with Crippen molar-refractivity contribution in [1.29, 1.82) is 0 Å². The molecular weight excluding hydrogens is 360 g/mol. The minimum atomic E-state index is -0.513. The summed E-state index contributed by atoms with van der Waals surface area (Å²) in [6.07, 6.45) is 4.36. The molecule has 1 fully saturated rings. The number of Topliss-reactive ketones (excluding diaryl/α,β-unsaturated/α-hetero) is 2. The van der Waals surface area contributed by atoms with Crippen LogP contribution in [-0.2, 0) is 9.59 Å². The molecule has 1 aromatic heterocycles. The molecule has 2 rings (SSSR count). The van der Waals surface area contributed by atoms with Crippen LogP contribution in [0.1, 0.15) is 75.0 Å². The SMILES string of the molecule is Cc1cc(C(=O)C[C@@H](CC(C)C)C(=O)N[C@H](CO)C[C@@H]2CCCCC2=O)no1. The van der Waals surface area contributed by atoms with Gasteiger partial charge >= 0.3 is 0 Å². The molecule has 0 saturated heterocycles. The molecule has 0 aromatic carbocycles. The second-order valence-electron chi connectivity index (χ2n) is 8.31. The quantitative estimate of drug-likeness (QED) is 0.593. The second-order valence-corrected chi connectivity index (χ2v) is 8.31. The summed E-state index contributed by atoms with van der Waals surface area (Å²) in [5.41, 5.74) is 0.227. The lowest BCUT2D eigenvalue weighted by atomic mass is 9.83. The summed E-state index contributed by atoms with van der Waals surface area (Å²) in [6.45, 7) is 5.48. The Balaban J connectivity index is 1.99. The van der Waals surface area contributed by atoms with Crippen molar-refractivity contribution in [3.8, 4) is 0 Å². The Bertz CT molecular complexity index is 682. The molecule has 1 aliphatic rings. The third-order valence-corrected chi connectivity index (χ3v) is 5.29. The summed E-state index contributed by atoms with van der Waals surface area (Å²) in [5.74, 6) is -0.115. The Hall–Kier alpha value is -2.02. The highest BCUT2D eigenvalue weighted by Crippen LogP contribution is 2.25. The van der Waals surface area contributed by atoms with Gasteiger partial charge in [0.25, 0.3) is 0 Å². The third-order valence-electron chi connectivity index (χ3n) is 5.29. The molecule has 2 N–H and O–H groups in total. The van der Waals surface area contributed by atoms with Crippen LogP contribution in [-0.4, -0.2) is 40.4 Å². The molecule has 28 heavy (non-hydrogen) atoms. The summed E-state index contributed by atoms with van der Waals surface area (Å²) in [7, 11) is 0. The van der Waals surface area contributed by atoms with Gasteiger partial charge in [-0.1, -0.05) is 25.4 Å². The minimum Gasteiger partial charge on any atom is -0.394 e. The third kappa shape index (κ3) is 6.55. The molecule has 0 radical (unpaired) electrons. The number of carbonyl (C=O) groups is 3. The van der Waals surface area contributed by atoms with Crippen molar-refractivity contribution in [2.75, 3.05) is 6.61 Å². The zero-order valence-corrected chi connectivity index (χ0v) is 17.1. The van der Waals surface area contributed by atoms with Crippen LogP contribution in [0.3, 0.4) is 0 Å². The molecule has 0 bridgehead atoms. The Morgan fingerprint density at radius 3 is 2.68 bits per heavy atom. The summed E-state index contributed by atoms with van der Waals surface area (Å²) in [4.78, 5) is 37.4. The molecule has 1 heterocycles. The number of aromatic nitrogens is 1. The number of aliphatic hydroxyl groups excluding tert-OH is 1. The molecule has 1 aliphatic carbocycles. The fourth-order valence-electron chi connectivity index (χ4n) is 3.82. The molecule has 1 saturated carbocycles. The maximum Gasteiger partial charge on any atom is 0.223 e. The van der Waals surface area contributed by atoms with E-state index in [9.17, 15) is 19.5 Å². The van der Waals surface area contributed by atoms with E-state index in [4.69, 9.17) is 4.52 Å². The van der Waals surface area contributed by atoms with Crippen LogP contribution in [0.4, 0.5) is 0 Å². The van der Waals surface area contributed by atoms with Gasteiger partial charge in [0.1, 0.15) is 17.2 Å². The average molecular weight is 392 g/mol. The van der Waals surface area contributed by atoms with Gasteiger partial charge in [0.05, 0.1) is 12.6 Å². The maximum absolute atomic E-state index is 12.8. The van der Waals surface area contributed by atoms with Crippen molar-refractivity contribution >= 4 is 17.5 Å². The number of rotatable bonds is 10. The number of nitrogens with zero attached hydrogens (tertiary/aromatic N) is 1. The van der Waals surface area contributed by atoms with Crippen molar-refractivity contribution < 1.29 is 24.0 Å². The normalized spacial score (nSPS) is 19.5. The summed E-state index contributed by atoms with van der Waals surface area (Å²) < 4.78 is 4.95. The monoisotopic (exact) mass is 392 g/mol. The van der Waals surface area contributed by atoms with Gasteiger partial charge in [0.15, 0.2) is 5.78 Å². The first-order chi connectivity index (χ1) is 13.3. The van der Waals surface area contributed by atoms with Gasteiger partial charge < -0.3 is 14.9 Å². The molecule has 0 spiro atoms. The number of amides is 1. The van der Waals surface area contributed by atoms with Gasteiger partial charge in [-0.15, -0.1) is 0 Å². The van der Waals surface area contributed by atoms with Crippen molar-refractivity contribution in [2.45, 2.75) is 71.8 Å². The predicted molar refractivity (Wildman–Crippen MR) is 104 cm³/mol. The maximum atomic E-state index is 12.8. The number of ketones is 2. The summed E-state index contributed by atoms with van der Waals surface area (Å²) in [5, 5.41) is 16.3. The number of carbonyl (C=O) groups excluding carboxylic acids is 3. The van der Waals surface area contributed by atoms with E-state index in [1.165, 1.54) is 0 Å². The van der Waals surface area contributed by atoms with Crippen LogP contribution in [0.15, 0.2) is 10.6 Å². The molecule has 1 amide bonds. The lowest BCUT2D eigenvalue weighted by Crippen LogP contribution is -2.43. The summed E-state index contributed by atoms with van der Waals surface area (Å²) >= 11 is 0. The van der Waals surface area contributed by atoms with Crippen LogP contribution in [0.2, 0.25) is 0 Å². The van der Waals surface area contributed by atoms with E-state index in [2.05, 4.69) is 10.5 Å². The smallest absolute Gasteiger partial charge is 0.223 e.